The van der Waals surface area contributed by atoms with Crippen LogP contribution < -0.4 is 0 Å². The van der Waals surface area contributed by atoms with Crippen LogP contribution in [0.3, 0.4) is 0 Å². The Morgan fingerprint density at radius 3 is 2.43 bits per heavy atom. The molecule has 0 aromatic heterocycles. The maximum absolute atomic E-state index is 9.83. The molecular weight excluding hydrogens is 114 g/mol. The largest absolute Gasteiger partial charge is 0.310 e. The van der Waals surface area contributed by atoms with E-state index in [1.807, 2.05) is 0 Å². The van der Waals surface area contributed by atoms with Gasteiger partial charge in [-0.15, -0.1) is 5.10 Å². The lowest BCUT2D eigenvalue weighted by molar-refractivity contribution is -0.111. The van der Waals surface area contributed by atoms with Crippen LogP contribution in [0.5, 0.6) is 0 Å². The van der Waals surface area contributed by atoms with Gasteiger partial charge in [0.25, 0.3) is 0 Å². The van der Waals surface area contributed by atoms with Crippen molar-refractivity contribution in [2.75, 3.05) is 0 Å². The van der Waals surface area contributed by atoms with Crippen molar-refractivity contribution in [2.45, 2.75) is 0 Å². The molecule has 0 aromatic rings. The number of hydrogen-bond acceptors (Lipinski definition) is 3. The van der Waals surface area contributed by atoms with Gasteiger partial charge >= 0.3 is 5.91 Å². The van der Waals surface area contributed by atoms with Crippen molar-refractivity contribution in [3.63, 3.8) is 0 Å². The quantitative estimate of drug-likeness (QED) is 0.443. The Bertz CT molecular complexity index is 115. The van der Waals surface area contributed by atoms with Gasteiger partial charge in [0, 0.05) is 0 Å². The van der Waals surface area contributed by atoms with Gasteiger partial charge in [0.15, 0.2) is 0 Å². The molecule has 0 aliphatic carbocycles. The first-order valence-corrected chi connectivity index (χ1v) is 1.37. The Kier molecular flexibility index (Phi) is 2.21. The average molecular weight is 117 g/mol. The van der Waals surface area contributed by atoms with Gasteiger partial charge in [-0.3, -0.25) is 4.79 Å². The highest BCUT2D eigenvalue weighted by molar-refractivity contribution is 7.59. The summed E-state index contributed by atoms with van der Waals surface area (Å²) in [5.41, 5.74) is 0. The van der Waals surface area contributed by atoms with Crippen LogP contribution in [-0.2, 0) is 4.79 Å². The Balaban J connectivity index is 0.000000360. The number of carbonyl (C=O) groups excluding carboxylic acids is 1. The number of carbonyl (C=O) groups is 1. The fraction of sp³-hybridized carbons (Fsp3) is 0. The molecular formula is C2H3N3OS. The monoisotopic (exact) mass is 117 g/mol. The fourth-order valence-corrected chi connectivity index (χ4v) is 0.171. The van der Waals surface area contributed by atoms with E-state index in [-0.39, 0.29) is 19.4 Å². The van der Waals surface area contributed by atoms with Crippen molar-refractivity contribution >= 4 is 25.6 Å². The minimum absolute atomic E-state index is 0. The highest BCUT2D eigenvalue weighted by Crippen LogP contribution is 1.83. The van der Waals surface area contributed by atoms with Crippen LogP contribution in [0, 0.1) is 0 Å². The molecule has 5 heteroatoms. The van der Waals surface area contributed by atoms with Gasteiger partial charge in [-0.2, -0.15) is 13.5 Å². The molecule has 1 aliphatic rings. The molecule has 0 radical (unpaired) electrons. The molecule has 0 aromatic carbocycles. The van der Waals surface area contributed by atoms with Crippen molar-refractivity contribution < 1.29 is 4.79 Å². The van der Waals surface area contributed by atoms with Crippen LogP contribution in [0.25, 0.3) is 0 Å². The number of hydrogen-bond donors (Lipinski definition) is 0. The van der Waals surface area contributed by atoms with Gasteiger partial charge in [0.05, 0.1) is 0 Å². The van der Waals surface area contributed by atoms with Gasteiger partial charge < -0.3 is 0 Å². The summed E-state index contributed by atoms with van der Waals surface area (Å²) in [7, 11) is 0. The second kappa shape index (κ2) is 2.46. The first-order chi connectivity index (χ1) is 2.89. The molecule has 0 N–H and O–H groups in total. The van der Waals surface area contributed by atoms with E-state index in [9.17, 15) is 4.79 Å². The molecule has 0 bridgehead atoms. The predicted molar refractivity (Wildman–Crippen MR) is 28.7 cm³/mol. The third kappa shape index (κ3) is 1.45. The SMILES string of the molecule is O=C1C=NN=N1.S. The Hall–Kier alpha value is -0.710. The second-order valence-corrected chi connectivity index (χ2v) is 0.772. The highest BCUT2D eigenvalue weighted by atomic mass is 32.1. The first-order valence-electron chi connectivity index (χ1n) is 1.37. The molecule has 0 atom stereocenters. The minimum Gasteiger partial charge on any atom is -0.264 e. The van der Waals surface area contributed by atoms with Crippen molar-refractivity contribution in [3.05, 3.63) is 0 Å². The third-order valence-electron chi connectivity index (χ3n) is 0.363. The summed E-state index contributed by atoms with van der Waals surface area (Å²) < 4.78 is 0. The van der Waals surface area contributed by atoms with Gasteiger partial charge in [0.1, 0.15) is 6.21 Å². The van der Waals surface area contributed by atoms with Crippen LogP contribution in [0.15, 0.2) is 15.4 Å². The molecule has 0 saturated heterocycles. The summed E-state index contributed by atoms with van der Waals surface area (Å²) in [6.45, 7) is 0. The number of rotatable bonds is 0. The van der Waals surface area contributed by atoms with Gasteiger partial charge in [-0.1, -0.05) is 5.11 Å². The lowest BCUT2D eigenvalue weighted by atomic mass is 10.7. The maximum Gasteiger partial charge on any atom is 0.310 e. The molecule has 1 aliphatic heterocycles. The van der Waals surface area contributed by atoms with Crippen LogP contribution in [-0.4, -0.2) is 12.1 Å². The molecule has 0 fully saturated rings. The summed E-state index contributed by atoms with van der Waals surface area (Å²) >= 11 is 0. The molecule has 1 rings (SSSR count). The molecule has 0 unspecified atom stereocenters. The summed E-state index contributed by atoms with van der Waals surface area (Å²) in [4.78, 5) is 9.83. The van der Waals surface area contributed by atoms with Crippen LogP contribution >= 0.6 is 13.5 Å². The van der Waals surface area contributed by atoms with Crippen LogP contribution in [0.4, 0.5) is 0 Å². The molecule has 1 heterocycles. The fourth-order valence-electron chi connectivity index (χ4n) is 0.171. The maximum atomic E-state index is 9.83. The normalized spacial score (nSPS) is 14.6. The third-order valence-corrected chi connectivity index (χ3v) is 0.363. The second-order valence-electron chi connectivity index (χ2n) is 0.772. The molecule has 38 valence electrons. The summed E-state index contributed by atoms with van der Waals surface area (Å²) in [5, 5.41) is 9.16. The van der Waals surface area contributed by atoms with E-state index in [0.29, 0.717) is 0 Å². The minimum atomic E-state index is -0.380. The van der Waals surface area contributed by atoms with E-state index < -0.39 is 0 Å². The zero-order chi connectivity index (χ0) is 4.41. The van der Waals surface area contributed by atoms with E-state index in [1.54, 1.807) is 0 Å². The van der Waals surface area contributed by atoms with Crippen molar-refractivity contribution in [1.82, 2.24) is 0 Å². The van der Waals surface area contributed by atoms with E-state index in [1.165, 1.54) is 0 Å². The van der Waals surface area contributed by atoms with Crippen molar-refractivity contribution in [2.24, 2.45) is 15.4 Å². The van der Waals surface area contributed by atoms with Crippen LogP contribution in [0.1, 0.15) is 0 Å². The zero-order valence-corrected chi connectivity index (χ0v) is 4.33. The van der Waals surface area contributed by atoms with E-state index in [0.717, 1.165) is 6.21 Å². The van der Waals surface area contributed by atoms with Crippen LogP contribution in [0.2, 0.25) is 0 Å². The molecule has 1 amide bonds. The molecule has 0 saturated carbocycles. The lowest BCUT2D eigenvalue weighted by Crippen LogP contribution is -1.84. The highest BCUT2D eigenvalue weighted by Gasteiger charge is 1.94. The zero-order valence-electron chi connectivity index (χ0n) is 3.33. The van der Waals surface area contributed by atoms with Gasteiger partial charge in [-0.25, -0.2) is 0 Å². The summed E-state index contributed by atoms with van der Waals surface area (Å²) in [5.74, 6) is -0.380. The smallest absolute Gasteiger partial charge is 0.264 e. The van der Waals surface area contributed by atoms with Crippen molar-refractivity contribution in [1.29, 1.82) is 0 Å². The average Bonchev–Trinajstić information content (AvgIpc) is 1.86. The van der Waals surface area contributed by atoms with E-state index in [4.69, 9.17) is 0 Å². The molecule has 0 spiro atoms. The molecule has 4 nitrogen and oxygen atoms in total. The van der Waals surface area contributed by atoms with Gasteiger partial charge in [0.2, 0.25) is 0 Å². The Morgan fingerprint density at radius 2 is 2.29 bits per heavy atom. The summed E-state index contributed by atoms with van der Waals surface area (Å²) in [6.07, 6.45) is 1.06. The lowest BCUT2D eigenvalue weighted by Gasteiger charge is -1.55. The number of nitrogens with zero attached hydrogens (tertiary/aromatic N) is 3. The topological polar surface area (TPSA) is 54.1 Å². The standard InChI is InChI=1S/C2HN3O.H2S/c6-2-1-3-5-4-2;/h1H;1H2. The van der Waals surface area contributed by atoms with Gasteiger partial charge in [-0.05, 0) is 5.22 Å². The number of amides is 1. The van der Waals surface area contributed by atoms with E-state index in [2.05, 4.69) is 15.4 Å². The van der Waals surface area contributed by atoms with Crippen molar-refractivity contribution in [3.8, 4) is 0 Å². The summed E-state index contributed by atoms with van der Waals surface area (Å²) in [6, 6.07) is 0. The Morgan fingerprint density at radius 1 is 1.57 bits per heavy atom. The first kappa shape index (κ1) is 6.29. The Labute approximate surface area is 46.8 Å². The molecule has 7 heavy (non-hydrogen) atoms. The predicted octanol–water partition coefficient (Wildman–Crippen LogP) is 0.0774. The van der Waals surface area contributed by atoms with E-state index >= 15 is 0 Å².